The molecule has 2 N–H and O–H groups in total. The number of carbonyl (C=O) groups excluding carboxylic acids is 1. The molecule has 5 rings (SSSR count). The highest BCUT2D eigenvalue weighted by atomic mass is 35.5. The largest absolute Gasteiger partial charge is 0.464 e. The number of aromatic nitrogens is 4. The molecule has 0 unspecified atom stereocenters. The number of anilines is 2. The molecule has 1 saturated heterocycles. The second-order valence-corrected chi connectivity index (χ2v) is 8.40. The number of nitrogens with zero attached hydrogens (tertiary/aromatic N) is 5. The second kappa shape index (κ2) is 8.25. The summed E-state index contributed by atoms with van der Waals surface area (Å²) in [6.45, 7) is 1.54. The van der Waals surface area contributed by atoms with E-state index in [1.54, 1.807) is 60.7 Å². The second-order valence-electron chi connectivity index (χ2n) is 8.00. The molecule has 0 bridgehead atoms. The highest BCUT2D eigenvalue weighted by Crippen LogP contribution is 2.31. The van der Waals surface area contributed by atoms with Crippen LogP contribution in [0.15, 0.2) is 48.9 Å². The molecular formula is C23H21ClN6O3. The highest BCUT2D eigenvalue weighted by molar-refractivity contribution is 6.33. The predicted octanol–water partition coefficient (Wildman–Crippen LogP) is 4.60. The van der Waals surface area contributed by atoms with E-state index in [0.717, 1.165) is 25.9 Å². The van der Waals surface area contributed by atoms with Crippen molar-refractivity contribution in [3.63, 3.8) is 0 Å². The van der Waals surface area contributed by atoms with Crippen LogP contribution in [0.25, 0.3) is 22.2 Å². The number of carbonyl (C=O) groups is 2. The molecule has 4 aromatic rings. The number of hydrogen-bond donors (Lipinski definition) is 2. The van der Waals surface area contributed by atoms with E-state index in [0.29, 0.717) is 44.3 Å². The monoisotopic (exact) mass is 464 g/mol. The number of amides is 1. The minimum Gasteiger partial charge on any atom is -0.464 e. The Morgan fingerprint density at radius 3 is 2.58 bits per heavy atom. The molecule has 0 saturated carbocycles. The van der Waals surface area contributed by atoms with Crippen molar-refractivity contribution >= 4 is 46.0 Å². The summed E-state index contributed by atoms with van der Waals surface area (Å²) >= 11 is 6.45. The third-order valence-corrected chi connectivity index (χ3v) is 6.06. The highest BCUT2D eigenvalue weighted by Gasteiger charge is 2.21. The first kappa shape index (κ1) is 21.0. The fraction of sp³-hybridized carbons (Fsp3) is 0.217. The van der Waals surface area contributed by atoms with Crippen molar-refractivity contribution in [1.29, 1.82) is 0 Å². The summed E-state index contributed by atoms with van der Waals surface area (Å²) < 4.78 is 2.82. The molecule has 9 nitrogen and oxygen atoms in total. The van der Waals surface area contributed by atoms with Crippen molar-refractivity contribution in [2.24, 2.45) is 7.05 Å². The molecule has 0 spiro atoms. The van der Waals surface area contributed by atoms with E-state index in [9.17, 15) is 14.7 Å². The van der Waals surface area contributed by atoms with Crippen LogP contribution in [0.3, 0.4) is 0 Å². The molecule has 0 aliphatic carbocycles. The molecule has 0 atom stereocenters. The summed E-state index contributed by atoms with van der Waals surface area (Å²) in [6, 6.07) is 8.53. The Balaban J connectivity index is 1.46. The number of aryl methyl sites for hydroxylation is 1. The zero-order valence-electron chi connectivity index (χ0n) is 17.8. The molecule has 0 radical (unpaired) electrons. The first-order valence-corrected chi connectivity index (χ1v) is 10.9. The van der Waals surface area contributed by atoms with Crippen LogP contribution in [0.5, 0.6) is 0 Å². The minimum absolute atomic E-state index is 0.0253. The van der Waals surface area contributed by atoms with E-state index in [-0.39, 0.29) is 5.91 Å². The minimum atomic E-state index is -1.11. The third-order valence-electron chi connectivity index (χ3n) is 5.75. The van der Waals surface area contributed by atoms with E-state index < -0.39 is 6.09 Å². The fourth-order valence-electron chi connectivity index (χ4n) is 4.13. The van der Waals surface area contributed by atoms with Crippen LogP contribution in [-0.4, -0.2) is 54.4 Å². The Hall–Kier alpha value is -3.85. The van der Waals surface area contributed by atoms with Gasteiger partial charge in [-0.15, -0.1) is 0 Å². The van der Waals surface area contributed by atoms with E-state index in [1.807, 2.05) is 4.90 Å². The first-order chi connectivity index (χ1) is 15.9. The van der Waals surface area contributed by atoms with Gasteiger partial charge in [0.1, 0.15) is 5.82 Å². The number of carboxylic acid groups (broad SMARTS) is 1. The van der Waals surface area contributed by atoms with Crippen LogP contribution in [-0.2, 0) is 7.05 Å². The lowest BCUT2D eigenvalue weighted by atomic mass is 10.1. The van der Waals surface area contributed by atoms with Gasteiger partial charge in [0.05, 0.1) is 28.1 Å². The summed E-state index contributed by atoms with van der Waals surface area (Å²) in [4.78, 5) is 30.9. The van der Waals surface area contributed by atoms with Crippen LogP contribution in [0.1, 0.15) is 23.2 Å². The van der Waals surface area contributed by atoms with Gasteiger partial charge >= 0.3 is 6.09 Å². The summed E-state index contributed by atoms with van der Waals surface area (Å²) in [5.41, 5.74) is 2.79. The lowest BCUT2D eigenvalue weighted by Gasteiger charge is -2.16. The SMILES string of the molecule is Cn1cc(-c2cc3cnc(Nc4ccc(C(=O)N5CCCC5)cc4Cl)cc3n2C(=O)O)cn1. The van der Waals surface area contributed by atoms with Crippen LogP contribution >= 0.6 is 11.6 Å². The summed E-state index contributed by atoms with van der Waals surface area (Å²) in [7, 11) is 1.77. The van der Waals surface area contributed by atoms with Crippen LogP contribution in [0, 0.1) is 0 Å². The van der Waals surface area contributed by atoms with Gasteiger partial charge in [-0.2, -0.15) is 5.10 Å². The lowest BCUT2D eigenvalue weighted by molar-refractivity contribution is 0.0793. The van der Waals surface area contributed by atoms with Gasteiger partial charge in [0.2, 0.25) is 0 Å². The molecule has 3 aromatic heterocycles. The van der Waals surface area contributed by atoms with Crippen molar-refractivity contribution in [3.8, 4) is 11.3 Å². The van der Waals surface area contributed by atoms with Gasteiger partial charge in [-0.05, 0) is 37.1 Å². The maximum Gasteiger partial charge on any atom is 0.416 e. The zero-order chi connectivity index (χ0) is 23.1. The number of nitrogens with one attached hydrogen (secondary N) is 1. The van der Waals surface area contributed by atoms with Crippen molar-refractivity contribution in [2.45, 2.75) is 12.8 Å². The average molecular weight is 465 g/mol. The molecule has 10 heteroatoms. The topological polar surface area (TPSA) is 105 Å². The maximum atomic E-state index is 12.6. The van der Waals surface area contributed by atoms with Gasteiger partial charge in [-0.1, -0.05) is 11.6 Å². The number of likely N-dealkylation sites (tertiary alicyclic amines) is 1. The quantitative estimate of drug-likeness (QED) is 0.457. The molecule has 1 amide bonds. The van der Waals surface area contributed by atoms with Gasteiger partial charge in [0, 0.05) is 55.1 Å². The smallest absolute Gasteiger partial charge is 0.416 e. The van der Waals surface area contributed by atoms with Gasteiger partial charge in [0.15, 0.2) is 0 Å². The van der Waals surface area contributed by atoms with Gasteiger partial charge in [-0.25, -0.2) is 14.3 Å². The van der Waals surface area contributed by atoms with Gasteiger partial charge in [-0.3, -0.25) is 9.48 Å². The fourth-order valence-corrected chi connectivity index (χ4v) is 4.36. The lowest BCUT2D eigenvalue weighted by Crippen LogP contribution is -2.27. The Morgan fingerprint density at radius 1 is 1.12 bits per heavy atom. The molecule has 33 heavy (non-hydrogen) atoms. The van der Waals surface area contributed by atoms with Crippen molar-refractivity contribution in [2.75, 3.05) is 18.4 Å². The average Bonchev–Trinajstić information content (AvgIpc) is 3.53. The predicted molar refractivity (Wildman–Crippen MR) is 125 cm³/mol. The third kappa shape index (κ3) is 3.91. The number of hydrogen-bond acceptors (Lipinski definition) is 5. The standard InChI is InChI=1S/C23H21ClN6O3/c1-28-13-16(12-26-28)19-9-15-11-25-21(10-20(15)30(19)23(32)33)27-18-5-4-14(8-17(18)24)22(31)29-6-2-3-7-29/h4-5,8-13H,2-3,6-7H2,1H3,(H,25,27)(H,32,33). The van der Waals surface area contributed by atoms with Gasteiger partial charge < -0.3 is 15.3 Å². The van der Waals surface area contributed by atoms with Crippen molar-refractivity contribution < 1.29 is 14.7 Å². The molecule has 1 aromatic carbocycles. The van der Waals surface area contributed by atoms with Crippen molar-refractivity contribution in [3.05, 3.63) is 59.5 Å². The summed E-state index contributed by atoms with van der Waals surface area (Å²) in [6.07, 6.45) is 5.91. The molecule has 1 fully saturated rings. The summed E-state index contributed by atoms with van der Waals surface area (Å²) in [5.74, 6) is 0.407. The Morgan fingerprint density at radius 2 is 1.91 bits per heavy atom. The van der Waals surface area contributed by atoms with E-state index in [4.69, 9.17) is 11.6 Å². The van der Waals surface area contributed by atoms with Crippen LogP contribution in [0.4, 0.5) is 16.3 Å². The number of rotatable bonds is 4. The van der Waals surface area contributed by atoms with Gasteiger partial charge in [0.25, 0.3) is 5.91 Å². The van der Waals surface area contributed by atoms with E-state index in [2.05, 4.69) is 15.4 Å². The number of pyridine rings is 1. The van der Waals surface area contributed by atoms with E-state index in [1.165, 1.54) is 4.57 Å². The maximum absolute atomic E-state index is 12.6. The number of benzene rings is 1. The Kier molecular flexibility index (Phi) is 5.26. The molecule has 168 valence electrons. The Labute approximate surface area is 194 Å². The molecular weight excluding hydrogens is 444 g/mol. The summed E-state index contributed by atoms with van der Waals surface area (Å²) in [5, 5.41) is 18.2. The van der Waals surface area contributed by atoms with Crippen LogP contribution < -0.4 is 5.32 Å². The molecule has 1 aliphatic heterocycles. The Bertz CT molecular complexity index is 1390. The normalized spacial score (nSPS) is 13.6. The first-order valence-electron chi connectivity index (χ1n) is 10.5. The van der Waals surface area contributed by atoms with Crippen molar-refractivity contribution in [1.82, 2.24) is 24.2 Å². The number of fused-ring (bicyclic) bond motifs is 1. The zero-order valence-corrected chi connectivity index (χ0v) is 18.6. The molecule has 1 aliphatic rings. The van der Waals surface area contributed by atoms with Crippen LogP contribution in [0.2, 0.25) is 5.02 Å². The molecule has 4 heterocycles. The number of halogens is 1. The van der Waals surface area contributed by atoms with E-state index >= 15 is 0 Å².